The average molecular weight is 267 g/mol. The lowest BCUT2D eigenvalue weighted by molar-refractivity contribution is 0.101. The molecule has 0 saturated heterocycles. The molecular weight excluding hydrogens is 246 g/mol. The molecular formula is C18H21NO. The third kappa shape index (κ3) is 2.47. The molecule has 1 aromatic heterocycles. The lowest BCUT2D eigenvalue weighted by Gasteiger charge is -2.23. The number of aryl methyl sites for hydroxylation is 1. The van der Waals surface area contributed by atoms with Gasteiger partial charge in [-0.2, -0.15) is 0 Å². The maximum absolute atomic E-state index is 11.6. The van der Waals surface area contributed by atoms with E-state index in [-0.39, 0.29) is 5.78 Å². The van der Waals surface area contributed by atoms with E-state index in [1.165, 1.54) is 43.1 Å². The number of carbonyl (C=O) groups is 1. The fourth-order valence-electron chi connectivity index (χ4n) is 3.36. The third-order valence-corrected chi connectivity index (χ3v) is 4.42. The SMILES string of the molecule is CC(=O)c1ccc2nc(C)cc(C3CCCCC3)c2c1. The van der Waals surface area contributed by atoms with E-state index in [1.54, 1.807) is 6.92 Å². The van der Waals surface area contributed by atoms with Gasteiger partial charge in [-0.15, -0.1) is 0 Å². The molecule has 0 bridgehead atoms. The highest BCUT2D eigenvalue weighted by Crippen LogP contribution is 2.36. The summed E-state index contributed by atoms with van der Waals surface area (Å²) in [5.41, 5.74) is 4.29. The highest BCUT2D eigenvalue weighted by Gasteiger charge is 2.19. The first-order chi connectivity index (χ1) is 9.65. The van der Waals surface area contributed by atoms with Crippen molar-refractivity contribution in [3.63, 3.8) is 0 Å². The molecule has 0 aliphatic heterocycles. The first-order valence-corrected chi connectivity index (χ1v) is 7.57. The Hall–Kier alpha value is -1.70. The van der Waals surface area contributed by atoms with Crippen LogP contribution in [0.2, 0.25) is 0 Å². The fraction of sp³-hybridized carbons (Fsp3) is 0.444. The Morgan fingerprint density at radius 3 is 2.60 bits per heavy atom. The summed E-state index contributed by atoms with van der Waals surface area (Å²) < 4.78 is 0. The maximum atomic E-state index is 11.6. The minimum Gasteiger partial charge on any atom is -0.295 e. The molecule has 2 nitrogen and oxygen atoms in total. The van der Waals surface area contributed by atoms with E-state index < -0.39 is 0 Å². The number of hydrogen-bond donors (Lipinski definition) is 0. The lowest BCUT2D eigenvalue weighted by atomic mass is 9.82. The zero-order valence-electron chi connectivity index (χ0n) is 12.3. The number of carbonyl (C=O) groups excluding carboxylic acids is 1. The molecule has 104 valence electrons. The van der Waals surface area contributed by atoms with Crippen molar-refractivity contribution in [3.05, 3.63) is 41.1 Å². The van der Waals surface area contributed by atoms with Crippen molar-refractivity contribution in [2.75, 3.05) is 0 Å². The molecule has 1 saturated carbocycles. The molecule has 1 aliphatic carbocycles. The largest absolute Gasteiger partial charge is 0.295 e. The van der Waals surface area contributed by atoms with Crippen LogP contribution in [0.1, 0.15) is 66.6 Å². The Morgan fingerprint density at radius 2 is 1.90 bits per heavy atom. The number of benzene rings is 1. The van der Waals surface area contributed by atoms with Gasteiger partial charge in [-0.1, -0.05) is 19.3 Å². The number of rotatable bonds is 2. The van der Waals surface area contributed by atoms with E-state index >= 15 is 0 Å². The molecule has 1 aliphatic rings. The number of Topliss-reactive ketones (excluding diaryl/α,β-unsaturated/α-hetero) is 1. The van der Waals surface area contributed by atoms with Crippen LogP contribution >= 0.6 is 0 Å². The van der Waals surface area contributed by atoms with Crippen LogP contribution in [-0.4, -0.2) is 10.8 Å². The van der Waals surface area contributed by atoms with Gasteiger partial charge >= 0.3 is 0 Å². The Morgan fingerprint density at radius 1 is 1.15 bits per heavy atom. The summed E-state index contributed by atoms with van der Waals surface area (Å²) in [5.74, 6) is 0.761. The number of aromatic nitrogens is 1. The highest BCUT2D eigenvalue weighted by atomic mass is 16.1. The number of pyridine rings is 1. The molecule has 1 fully saturated rings. The summed E-state index contributed by atoms with van der Waals surface area (Å²) in [6.45, 7) is 3.69. The fourth-order valence-corrected chi connectivity index (χ4v) is 3.36. The summed E-state index contributed by atoms with van der Waals surface area (Å²) in [6, 6.07) is 8.14. The molecule has 3 rings (SSSR count). The number of nitrogens with zero attached hydrogens (tertiary/aromatic N) is 1. The summed E-state index contributed by atoms with van der Waals surface area (Å²) in [5, 5.41) is 1.18. The molecule has 0 radical (unpaired) electrons. The van der Waals surface area contributed by atoms with Crippen LogP contribution in [0.3, 0.4) is 0 Å². The van der Waals surface area contributed by atoms with Crippen molar-refractivity contribution in [2.45, 2.75) is 51.9 Å². The second-order valence-electron chi connectivity index (χ2n) is 5.98. The van der Waals surface area contributed by atoms with Gasteiger partial charge in [-0.3, -0.25) is 9.78 Å². The van der Waals surface area contributed by atoms with Crippen molar-refractivity contribution in [1.29, 1.82) is 0 Å². The Bertz CT molecular complexity index is 654. The smallest absolute Gasteiger partial charge is 0.159 e. The molecule has 20 heavy (non-hydrogen) atoms. The number of fused-ring (bicyclic) bond motifs is 1. The average Bonchev–Trinajstić information content (AvgIpc) is 2.46. The molecule has 0 N–H and O–H groups in total. The molecule has 0 unspecified atom stereocenters. The van der Waals surface area contributed by atoms with Crippen molar-refractivity contribution < 1.29 is 4.79 Å². The summed E-state index contributed by atoms with van der Waals surface area (Å²) in [4.78, 5) is 16.2. The van der Waals surface area contributed by atoms with Crippen LogP contribution in [0, 0.1) is 6.92 Å². The monoisotopic (exact) mass is 267 g/mol. The van der Waals surface area contributed by atoms with Crippen molar-refractivity contribution >= 4 is 16.7 Å². The van der Waals surface area contributed by atoms with Gasteiger partial charge in [0.05, 0.1) is 5.52 Å². The van der Waals surface area contributed by atoms with Crippen LogP contribution in [0.4, 0.5) is 0 Å². The zero-order chi connectivity index (χ0) is 14.1. The standard InChI is InChI=1S/C18H21NO/c1-12-10-16(14-6-4-3-5-7-14)17-11-15(13(2)20)8-9-18(17)19-12/h8-11,14H,3-7H2,1-2H3. The van der Waals surface area contributed by atoms with E-state index in [1.807, 2.05) is 18.2 Å². The lowest BCUT2D eigenvalue weighted by Crippen LogP contribution is -2.06. The maximum Gasteiger partial charge on any atom is 0.159 e. The van der Waals surface area contributed by atoms with Gasteiger partial charge in [0.25, 0.3) is 0 Å². The zero-order valence-corrected chi connectivity index (χ0v) is 12.3. The van der Waals surface area contributed by atoms with Crippen LogP contribution in [0.25, 0.3) is 10.9 Å². The van der Waals surface area contributed by atoms with Crippen LogP contribution in [0.5, 0.6) is 0 Å². The molecule has 0 spiro atoms. The van der Waals surface area contributed by atoms with E-state index in [9.17, 15) is 4.79 Å². The Labute approximate surface area is 120 Å². The molecule has 2 heteroatoms. The van der Waals surface area contributed by atoms with Gasteiger partial charge in [0, 0.05) is 16.6 Å². The van der Waals surface area contributed by atoms with E-state index in [4.69, 9.17) is 0 Å². The van der Waals surface area contributed by atoms with Gasteiger partial charge in [-0.05, 0) is 62.4 Å². The predicted molar refractivity (Wildman–Crippen MR) is 82.3 cm³/mol. The Kier molecular flexibility index (Phi) is 3.56. The van der Waals surface area contributed by atoms with Gasteiger partial charge in [-0.25, -0.2) is 0 Å². The number of ketones is 1. The highest BCUT2D eigenvalue weighted by molar-refractivity contribution is 5.98. The van der Waals surface area contributed by atoms with Crippen molar-refractivity contribution in [2.24, 2.45) is 0 Å². The minimum atomic E-state index is 0.127. The number of hydrogen-bond acceptors (Lipinski definition) is 2. The molecule has 1 heterocycles. The minimum absolute atomic E-state index is 0.127. The third-order valence-electron chi connectivity index (χ3n) is 4.42. The van der Waals surface area contributed by atoms with Gasteiger partial charge < -0.3 is 0 Å². The topological polar surface area (TPSA) is 30.0 Å². The van der Waals surface area contributed by atoms with E-state index in [2.05, 4.69) is 18.0 Å². The van der Waals surface area contributed by atoms with Crippen LogP contribution < -0.4 is 0 Å². The van der Waals surface area contributed by atoms with E-state index in [0.717, 1.165) is 16.8 Å². The van der Waals surface area contributed by atoms with Gasteiger partial charge in [0.2, 0.25) is 0 Å². The Balaban J connectivity index is 2.16. The quantitative estimate of drug-likeness (QED) is 0.732. The first-order valence-electron chi connectivity index (χ1n) is 7.57. The summed E-state index contributed by atoms with van der Waals surface area (Å²) >= 11 is 0. The normalized spacial score (nSPS) is 16.5. The first kappa shape index (κ1) is 13.3. The molecule has 2 aromatic rings. The molecule has 0 atom stereocenters. The second-order valence-corrected chi connectivity index (χ2v) is 5.98. The summed E-state index contributed by atoms with van der Waals surface area (Å²) in [6.07, 6.45) is 6.53. The van der Waals surface area contributed by atoms with Crippen molar-refractivity contribution in [3.8, 4) is 0 Å². The predicted octanol–water partition coefficient (Wildman–Crippen LogP) is 4.79. The summed E-state index contributed by atoms with van der Waals surface area (Å²) in [7, 11) is 0. The van der Waals surface area contributed by atoms with Crippen LogP contribution in [0.15, 0.2) is 24.3 Å². The van der Waals surface area contributed by atoms with Gasteiger partial charge in [0.1, 0.15) is 0 Å². The van der Waals surface area contributed by atoms with Crippen LogP contribution in [-0.2, 0) is 0 Å². The molecule has 1 aromatic carbocycles. The van der Waals surface area contributed by atoms with Gasteiger partial charge in [0.15, 0.2) is 5.78 Å². The van der Waals surface area contributed by atoms with E-state index in [0.29, 0.717) is 5.92 Å². The second kappa shape index (κ2) is 5.35. The van der Waals surface area contributed by atoms with Crippen molar-refractivity contribution in [1.82, 2.24) is 4.98 Å². The molecule has 0 amide bonds.